The van der Waals surface area contributed by atoms with Gasteiger partial charge in [0.25, 0.3) is 5.91 Å². The zero-order chi connectivity index (χ0) is 22.1. The van der Waals surface area contributed by atoms with E-state index >= 15 is 0 Å². The molecule has 3 heterocycles. The number of ether oxygens (including phenoxy) is 1. The number of aromatic nitrogens is 2. The van der Waals surface area contributed by atoms with Crippen molar-refractivity contribution in [3.05, 3.63) is 75.3 Å². The summed E-state index contributed by atoms with van der Waals surface area (Å²) in [6.45, 7) is 1.30. The van der Waals surface area contributed by atoms with Crippen molar-refractivity contribution in [2.24, 2.45) is 0 Å². The lowest BCUT2D eigenvalue weighted by Gasteiger charge is -2.12. The van der Waals surface area contributed by atoms with Gasteiger partial charge in [-0.2, -0.15) is 0 Å². The molecule has 1 amide bonds. The Hall–Kier alpha value is -3.78. The van der Waals surface area contributed by atoms with Gasteiger partial charge in [-0.15, -0.1) is 11.3 Å². The smallest absolute Gasteiger partial charge is 0.339 e. The summed E-state index contributed by atoms with van der Waals surface area (Å²) in [7, 11) is 0. The van der Waals surface area contributed by atoms with Crippen LogP contribution in [0.2, 0.25) is 0 Å². The maximum absolute atomic E-state index is 13.1. The lowest BCUT2D eigenvalue weighted by molar-refractivity contribution is -0.119. The fourth-order valence-electron chi connectivity index (χ4n) is 3.86. The first kappa shape index (κ1) is 20.1. The molecule has 0 unspecified atom stereocenters. The third-order valence-corrected chi connectivity index (χ3v) is 6.05. The van der Waals surface area contributed by atoms with Crippen molar-refractivity contribution in [1.82, 2.24) is 10.1 Å². The Morgan fingerprint density at radius 1 is 1.22 bits per heavy atom. The van der Waals surface area contributed by atoms with E-state index in [1.165, 1.54) is 0 Å². The summed E-state index contributed by atoms with van der Waals surface area (Å²) in [5, 5.41) is 9.01. The number of carbonyl (C=O) groups excluding carboxylic acids is 2. The van der Waals surface area contributed by atoms with E-state index in [1.807, 2.05) is 35.7 Å². The van der Waals surface area contributed by atoms with Gasteiger partial charge < -0.3 is 14.6 Å². The molecule has 0 aliphatic heterocycles. The van der Waals surface area contributed by atoms with Crippen LogP contribution in [0.25, 0.3) is 22.6 Å². The number of rotatable bonds is 5. The number of para-hydroxylation sites is 1. The molecule has 160 valence electrons. The molecule has 7 nitrogen and oxygen atoms in total. The van der Waals surface area contributed by atoms with E-state index in [-0.39, 0.29) is 5.82 Å². The topological polar surface area (TPSA) is 94.3 Å². The molecule has 0 spiro atoms. The molecule has 5 rings (SSSR count). The Balaban J connectivity index is 1.44. The summed E-state index contributed by atoms with van der Waals surface area (Å²) in [6.07, 6.45) is 3.61. The van der Waals surface area contributed by atoms with Gasteiger partial charge in [0.15, 0.2) is 12.4 Å². The number of hydrogen-bond donors (Lipinski definition) is 1. The second kappa shape index (κ2) is 8.39. The molecule has 3 aromatic heterocycles. The van der Waals surface area contributed by atoms with Crippen LogP contribution < -0.4 is 5.32 Å². The van der Waals surface area contributed by atoms with Gasteiger partial charge in [-0.25, -0.2) is 9.78 Å². The maximum Gasteiger partial charge on any atom is 0.339 e. The lowest BCUT2D eigenvalue weighted by atomic mass is 10.0. The molecule has 1 N–H and O–H groups in total. The number of benzene rings is 1. The van der Waals surface area contributed by atoms with Crippen LogP contribution >= 0.6 is 11.3 Å². The van der Waals surface area contributed by atoms with Crippen molar-refractivity contribution in [2.45, 2.75) is 19.8 Å². The predicted octanol–water partition coefficient (Wildman–Crippen LogP) is 4.88. The quantitative estimate of drug-likeness (QED) is 0.440. The van der Waals surface area contributed by atoms with Crippen molar-refractivity contribution >= 4 is 51.6 Å². The van der Waals surface area contributed by atoms with E-state index in [1.54, 1.807) is 24.3 Å². The fraction of sp³-hybridized carbons (Fsp3) is 0.167. The molecule has 32 heavy (non-hydrogen) atoms. The van der Waals surface area contributed by atoms with Crippen molar-refractivity contribution in [1.29, 1.82) is 0 Å². The van der Waals surface area contributed by atoms with Crippen LogP contribution in [-0.2, 0) is 16.0 Å². The minimum Gasteiger partial charge on any atom is -0.452 e. The van der Waals surface area contributed by atoms with Gasteiger partial charge in [0, 0.05) is 16.3 Å². The Bertz CT molecular complexity index is 1360. The molecular weight excluding hydrogens is 426 g/mol. The van der Waals surface area contributed by atoms with Gasteiger partial charge in [-0.3, -0.25) is 4.79 Å². The van der Waals surface area contributed by atoms with Gasteiger partial charge in [-0.1, -0.05) is 29.4 Å². The largest absolute Gasteiger partial charge is 0.452 e. The number of thiophene rings is 1. The Morgan fingerprint density at radius 2 is 2.09 bits per heavy atom. The number of esters is 1. The van der Waals surface area contributed by atoms with Crippen LogP contribution in [0.15, 0.2) is 52.4 Å². The second-order valence-electron chi connectivity index (χ2n) is 7.46. The van der Waals surface area contributed by atoms with Gasteiger partial charge in [0.05, 0.1) is 16.8 Å². The number of allylic oxidation sites excluding steroid dienone is 1. The third kappa shape index (κ3) is 3.92. The van der Waals surface area contributed by atoms with Crippen molar-refractivity contribution in [3.8, 4) is 0 Å². The van der Waals surface area contributed by atoms with Crippen molar-refractivity contribution in [3.63, 3.8) is 0 Å². The third-order valence-electron chi connectivity index (χ3n) is 5.24. The van der Waals surface area contributed by atoms with E-state index in [0.29, 0.717) is 17.7 Å². The van der Waals surface area contributed by atoms with Crippen LogP contribution in [-0.4, -0.2) is 28.6 Å². The Morgan fingerprint density at radius 3 is 2.88 bits per heavy atom. The average molecular weight is 446 g/mol. The Labute approximate surface area is 187 Å². The molecule has 0 fully saturated rings. The summed E-state index contributed by atoms with van der Waals surface area (Å²) in [4.78, 5) is 31.3. The molecular formula is C24H19N3O4S. The summed E-state index contributed by atoms with van der Waals surface area (Å²) < 4.78 is 10.3. The van der Waals surface area contributed by atoms with Crippen molar-refractivity contribution < 1.29 is 18.8 Å². The standard InChI is InChI=1S/C24H19N3O4S/c1-14-11-20(27-31-14)26-21(28)13-30-24(29)22-17-6-2-3-7-19(17)25-23-15(8-9-18(22)23)12-16-5-4-10-32-16/h2-7,10-12H,8-9,13H2,1H3,(H,26,27,28)/b15-12+. The van der Waals surface area contributed by atoms with Crippen molar-refractivity contribution in [2.75, 3.05) is 11.9 Å². The number of anilines is 1. The number of carbonyl (C=O) groups is 2. The average Bonchev–Trinajstić information content (AvgIpc) is 3.53. The first-order chi connectivity index (χ1) is 15.6. The highest BCUT2D eigenvalue weighted by atomic mass is 32.1. The summed E-state index contributed by atoms with van der Waals surface area (Å²) in [5.74, 6) is -0.173. The minimum absolute atomic E-state index is 0.280. The van der Waals surface area contributed by atoms with E-state index in [0.717, 1.165) is 39.0 Å². The molecule has 0 saturated heterocycles. The van der Waals surface area contributed by atoms with E-state index in [2.05, 4.69) is 22.6 Å². The van der Waals surface area contributed by atoms with E-state index in [9.17, 15) is 9.59 Å². The lowest BCUT2D eigenvalue weighted by Crippen LogP contribution is -2.22. The van der Waals surface area contributed by atoms with Gasteiger partial charge in [0.1, 0.15) is 5.76 Å². The SMILES string of the molecule is Cc1cc(NC(=O)COC(=O)c2c3c(nc4ccccc24)/C(=C/c2cccs2)CC3)no1. The summed E-state index contributed by atoms with van der Waals surface area (Å²) >= 11 is 1.66. The molecule has 0 bridgehead atoms. The molecule has 0 saturated carbocycles. The molecule has 4 aromatic rings. The maximum atomic E-state index is 13.1. The van der Waals surface area contributed by atoms with Gasteiger partial charge in [-0.05, 0) is 54.5 Å². The van der Waals surface area contributed by atoms with Crippen LogP contribution in [0.5, 0.6) is 0 Å². The second-order valence-corrected chi connectivity index (χ2v) is 8.44. The highest BCUT2D eigenvalue weighted by Crippen LogP contribution is 2.38. The molecule has 1 aliphatic carbocycles. The van der Waals surface area contributed by atoms with Crippen LogP contribution in [0, 0.1) is 6.92 Å². The first-order valence-electron chi connectivity index (χ1n) is 10.1. The van der Waals surface area contributed by atoms with Gasteiger partial charge >= 0.3 is 5.97 Å². The number of nitrogens with zero attached hydrogens (tertiary/aromatic N) is 2. The number of amides is 1. The molecule has 1 aromatic carbocycles. The minimum atomic E-state index is -0.538. The Kier molecular flexibility index (Phi) is 5.28. The fourth-order valence-corrected chi connectivity index (χ4v) is 4.55. The van der Waals surface area contributed by atoms with Crippen LogP contribution in [0.4, 0.5) is 5.82 Å². The number of fused-ring (bicyclic) bond motifs is 2. The predicted molar refractivity (Wildman–Crippen MR) is 122 cm³/mol. The first-order valence-corrected chi connectivity index (χ1v) is 11.0. The number of pyridine rings is 1. The molecule has 0 atom stereocenters. The van der Waals surface area contributed by atoms with E-state index in [4.69, 9.17) is 14.2 Å². The molecule has 8 heteroatoms. The van der Waals surface area contributed by atoms with Crippen LogP contribution in [0.1, 0.15) is 38.7 Å². The highest BCUT2D eigenvalue weighted by Gasteiger charge is 2.28. The normalized spacial score (nSPS) is 14.0. The molecule has 0 radical (unpaired) electrons. The zero-order valence-corrected chi connectivity index (χ0v) is 18.1. The zero-order valence-electron chi connectivity index (χ0n) is 17.3. The number of nitrogens with one attached hydrogen (secondary N) is 1. The monoisotopic (exact) mass is 445 g/mol. The van der Waals surface area contributed by atoms with Crippen LogP contribution in [0.3, 0.4) is 0 Å². The van der Waals surface area contributed by atoms with Gasteiger partial charge in [0.2, 0.25) is 0 Å². The number of hydrogen-bond acceptors (Lipinski definition) is 7. The van der Waals surface area contributed by atoms with E-state index < -0.39 is 18.5 Å². The highest BCUT2D eigenvalue weighted by molar-refractivity contribution is 7.10. The summed E-state index contributed by atoms with van der Waals surface area (Å²) in [6, 6.07) is 13.2. The molecule has 1 aliphatic rings. The summed E-state index contributed by atoms with van der Waals surface area (Å²) in [5.41, 5.74) is 3.99. The number of aryl methyl sites for hydroxylation is 1.